The molecule has 13 rings (SSSR count). The summed E-state index contributed by atoms with van der Waals surface area (Å²) >= 11 is 0. The zero-order chi connectivity index (χ0) is 40.7. The average Bonchev–Trinajstić information content (AvgIpc) is 4.12. The molecule has 0 aliphatic heterocycles. The van der Waals surface area contributed by atoms with Crippen molar-refractivity contribution in [3.63, 3.8) is 0 Å². The van der Waals surface area contributed by atoms with Crippen molar-refractivity contribution < 1.29 is 4.42 Å². The van der Waals surface area contributed by atoms with Crippen molar-refractivity contribution in [1.29, 1.82) is 0 Å². The fourth-order valence-corrected chi connectivity index (χ4v) is 9.78. The molecule has 13 aromatic rings. The SMILES string of the molecule is c1ccc(-c2nnc(-c3ccccc3)n2-c2cccc3c2c2ccccc2n3-c2ccccc2-c2ccccc2-n2c3ccccc3c3ccc4c5ccccc5oc4c32)cc1. The molecule has 0 saturated carbocycles. The molecule has 0 bridgehead atoms. The number of fused-ring (bicyclic) bond motifs is 10. The molecule has 6 nitrogen and oxygen atoms in total. The van der Waals surface area contributed by atoms with Crippen LogP contribution in [0.2, 0.25) is 0 Å². The smallest absolute Gasteiger partial charge is 0.168 e. The highest BCUT2D eigenvalue weighted by molar-refractivity contribution is 6.22. The van der Waals surface area contributed by atoms with Gasteiger partial charge >= 0.3 is 0 Å². The van der Waals surface area contributed by atoms with E-state index in [1.54, 1.807) is 0 Å². The van der Waals surface area contributed by atoms with E-state index in [2.05, 4.69) is 208 Å². The van der Waals surface area contributed by atoms with Gasteiger partial charge in [-0.15, -0.1) is 10.2 Å². The number of para-hydroxylation sites is 5. The molecule has 6 heteroatoms. The minimum absolute atomic E-state index is 0.785. The van der Waals surface area contributed by atoms with Crippen molar-refractivity contribution in [3.8, 4) is 51.0 Å². The Kier molecular flexibility index (Phi) is 7.50. The van der Waals surface area contributed by atoms with Crippen LogP contribution in [-0.4, -0.2) is 23.9 Å². The summed E-state index contributed by atoms with van der Waals surface area (Å²) in [5.74, 6) is 1.57. The van der Waals surface area contributed by atoms with E-state index in [1.165, 1.54) is 5.39 Å². The third-order valence-corrected chi connectivity index (χ3v) is 12.4. The van der Waals surface area contributed by atoms with Gasteiger partial charge in [0.1, 0.15) is 5.58 Å². The Morgan fingerprint density at radius 1 is 0.323 bits per heavy atom. The Morgan fingerprint density at radius 2 is 0.823 bits per heavy atom. The van der Waals surface area contributed by atoms with Gasteiger partial charge in [0.2, 0.25) is 0 Å². The molecule has 0 N–H and O–H groups in total. The lowest BCUT2D eigenvalue weighted by atomic mass is 10.0. The van der Waals surface area contributed by atoms with Gasteiger partial charge in [-0.2, -0.15) is 0 Å². The number of furan rings is 1. The Morgan fingerprint density at radius 3 is 1.52 bits per heavy atom. The van der Waals surface area contributed by atoms with Gasteiger partial charge in [0.05, 0.1) is 39.1 Å². The molecule has 0 atom stereocenters. The first-order valence-corrected chi connectivity index (χ1v) is 20.9. The zero-order valence-electron chi connectivity index (χ0n) is 33.4. The third kappa shape index (κ3) is 4.98. The Labute approximate surface area is 355 Å². The van der Waals surface area contributed by atoms with E-state index < -0.39 is 0 Å². The maximum Gasteiger partial charge on any atom is 0.168 e. The molecular weight excluding hydrogens is 759 g/mol. The molecule has 0 fully saturated rings. The predicted molar refractivity (Wildman–Crippen MR) is 254 cm³/mol. The van der Waals surface area contributed by atoms with Crippen molar-refractivity contribution >= 4 is 65.6 Å². The molecule has 0 aliphatic rings. The van der Waals surface area contributed by atoms with Gasteiger partial charge in [0.25, 0.3) is 0 Å². The number of nitrogens with zero attached hydrogens (tertiary/aromatic N) is 5. The molecular formula is C56H35N5O. The fraction of sp³-hybridized carbons (Fsp3) is 0. The molecule has 4 aromatic heterocycles. The summed E-state index contributed by atoms with van der Waals surface area (Å²) in [5.41, 5.74) is 13.5. The quantitative estimate of drug-likeness (QED) is 0.168. The summed E-state index contributed by atoms with van der Waals surface area (Å²) in [6, 6.07) is 75.1. The number of rotatable bonds is 6. The lowest BCUT2D eigenvalue weighted by molar-refractivity contribution is 0.671. The second-order valence-corrected chi connectivity index (χ2v) is 15.8. The summed E-state index contributed by atoms with van der Waals surface area (Å²) in [5, 5.41) is 16.5. The highest BCUT2D eigenvalue weighted by Crippen LogP contribution is 2.45. The second-order valence-electron chi connectivity index (χ2n) is 15.8. The molecule has 0 saturated heterocycles. The fourth-order valence-electron chi connectivity index (χ4n) is 9.78. The lowest BCUT2D eigenvalue weighted by Crippen LogP contribution is -2.02. The maximum absolute atomic E-state index is 6.76. The lowest BCUT2D eigenvalue weighted by Gasteiger charge is -2.18. The Bertz CT molecular complexity index is 3810. The molecule has 0 unspecified atom stereocenters. The van der Waals surface area contributed by atoms with Gasteiger partial charge in [-0.1, -0.05) is 164 Å². The van der Waals surface area contributed by atoms with Crippen LogP contribution in [0.3, 0.4) is 0 Å². The predicted octanol–water partition coefficient (Wildman–Crippen LogP) is 14.4. The van der Waals surface area contributed by atoms with Crippen molar-refractivity contribution in [2.45, 2.75) is 0 Å². The number of aromatic nitrogens is 5. The normalized spacial score (nSPS) is 11.9. The van der Waals surface area contributed by atoms with Gasteiger partial charge in [0, 0.05) is 54.6 Å². The summed E-state index contributed by atoms with van der Waals surface area (Å²) in [6.45, 7) is 0. The Hall–Kier alpha value is -8.48. The first-order chi connectivity index (χ1) is 30.8. The van der Waals surface area contributed by atoms with Crippen LogP contribution in [0, 0.1) is 0 Å². The molecule has 9 aromatic carbocycles. The highest BCUT2D eigenvalue weighted by atomic mass is 16.3. The average molecular weight is 794 g/mol. The number of benzene rings is 9. The summed E-state index contributed by atoms with van der Waals surface area (Å²) in [4.78, 5) is 0. The van der Waals surface area contributed by atoms with Gasteiger partial charge in [-0.05, 0) is 48.5 Å². The van der Waals surface area contributed by atoms with E-state index in [-0.39, 0.29) is 0 Å². The van der Waals surface area contributed by atoms with Crippen LogP contribution >= 0.6 is 0 Å². The van der Waals surface area contributed by atoms with E-state index in [9.17, 15) is 0 Å². The van der Waals surface area contributed by atoms with Crippen LogP contribution < -0.4 is 0 Å². The summed E-state index contributed by atoms with van der Waals surface area (Å²) in [7, 11) is 0. The number of hydrogen-bond acceptors (Lipinski definition) is 3. The largest absolute Gasteiger partial charge is 0.454 e. The van der Waals surface area contributed by atoms with Crippen molar-refractivity contribution in [3.05, 3.63) is 212 Å². The first kappa shape index (κ1) is 34.4. The van der Waals surface area contributed by atoms with Crippen LogP contribution in [0.15, 0.2) is 217 Å². The number of hydrogen-bond donors (Lipinski definition) is 0. The minimum Gasteiger partial charge on any atom is -0.454 e. The molecule has 4 heterocycles. The van der Waals surface area contributed by atoms with Crippen LogP contribution in [0.5, 0.6) is 0 Å². The van der Waals surface area contributed by atoms with Crippen LogP contribution in [0.25, 0.3) is 117 Å². The van der Waals surface area contributed by atoms with Crippen LogP contribution in [0.1, 0.15) is 0 Å². The second kappa shape index (κ2) is 13.5. The summed E-state index contributed by atoms with van der Waals surface area (Å²) < 4.78 is 13.8. The zero-order valence-corrected chi connectivity index (χ0v) is 33.4. The van der Waals surface area contributed by atoms with Crippen molar-refractivity contribution in [1.82, 2.24) is 23.9 Å². The molecule has 0 spiro atoms. The van der Waals surface area contributed by atoms with Gasteiger partial charge in [-0.3, -0.25) is 4.57 Å². The van der Waals surface area contributed by atoms with E-state index in [0.717, 1.165) is 111 Å². The van der Waals surface area contributed by atoms with Crippen LogP contribution in [0.4, 0.5) is 0 Å². The molecule has 290 valence electrons. The van der Waals surface area contributed by atoms with Gasteiger partial charge < -0.3 is 13.6 Å². The molecule has 0 aliphatic carbocycles. The molecule has 0 amide bonds. The third-order valence-electron chi connectivity index (χ3n) is 12.4. The summed E-state index contributed by atoms with van der Waals surface area (Å²) in [6.07, 6.45) is 0. The Balaban J connectivity index is 1.09. The monoisotopic (exact) mass is 793 g/mol. The van der Waals surface area contributed by atoms with Gasteiger partial charge in [0.15, 0.2) is 17.2 Å². The van der Waals surface area contributed by atoms with Gasteiger partial charge in [-0.25, -0.2) is 0 Å². The highest BCUT2D eigenvalue weighted by Gasteiger charge is 2.25. The van der Waals surface area contributed by atoms with Crippen molar-refractivity contribution in [2.75, 3.05) is 0 Å². The van der Waals surface area contributed by atoms with E-state index in [1.807, 2.05) is 18.2 Å². The van der Waals surface area contributed by atoms with Crippen LogP contribution in [-0.2, 0) is 0 Å². The topological polar surface area (TPSA) is 53.7 Å². The van der Waals surface area contributed by atoms with E-state index in [0.29, 0.717) is 0 Å². The standard InChI is InChI=1S/C56H35N5O/c1-3-18-36(19-4-1)55-57-58-56(37-20-5-2-6-21-37)61(55)50-32-17-31-49-52(50)44-26-10-15-30-48(44)59(49)45-27-12-7-22-38(45)39-23-8-13-28-46(39)60-47-29-14-9-24-40(47)42-34-35-43-41-25-11-16-33-51(41)62-54(43)53(42)60/h1-35H. The maximum atomic E-state index is 6.76. The van der Waals surface area contributed by atoms with Crippen molar-refractivity contribution in [2.24, 2.45) is 0 Å². The van der Waals surface area contributed by atoms with E-state index in [4.69, 9.17) is 14.6 Å². The molecule has 0 radical (unpaired) electrons. The minimum atomic E-state index is 0.785. The first-order valence-electron chi connectivity index (χ1n) is 20.9. The molecule has 62 heavy (non-hydrogen) atoms. The van der Waals surface area contributed by atoms with E-state index >= 15 is 0 Å².